The Balaban J connectivity index is 4.17. The molecule has 1 atom stereocenters. The summed E-state index contributed by atoms with van der Waals surface area (Å²) in [5.74, 6) is -1.09. The van der Waals surface area contributed by atoms with Crippen molar-refractivity contribution < 1.29 is 19.1 Å². The minimum absolute atomic E-state index is 0.0335. The third-order valence-electron chi connectivity index (χ3n) is 1.87. The minimum Gasteiger partial charge on any atom is -0.468 e. The number of rotatable bonds is 5. The molecule has 0 aliphatic carbocycles. The van der Waals surface area contributed by atoms with Crippen LogP contribution in [0.15, 0.2) is 0 Å². The zero-order valence-electron chi connectivity index (χ0n) is 9.57. The van der Waals surface area contributed by atoms with Gasteiger partial charge in [0.25, 0.3) is 0 Å². The summed E-state index contributed by atoms with van der Waals surface area (Å²) in [7, 11) is 1.27. The molecule has 0 aromatic rings. The smallest absolute Gasteiger partial charge is 0.323 e. The number of hydrogen-bond acceptors (Lipinski definition) is 5. The predicted molar refractivity (Wildman–Crippen MR) is 56.4 cm³/mol. The molecule has 0 fully saturated rings. The molecule has 16 heavy (non-hydrogen) atoms. The zero-order chi connectivity index (χ0) is 12.7. The fraction of sp³-hybridized carbons (Fsp3) is 0.667. The molecule has 0 aliphatic rings. The number of carbonyl (C=O) groups excluding carboxylic acids is 3. The SMILES string of the molecule is COC(=O)C(NCC(=O)NC(N)=O)C(C)C. The van der Waals surface area contributed by atoms with E-state index in [4.69, 9.17) is 5.73 Å². The molecular formula is C9H17N3O4. The van der Waals surface area contributed by atoms with Crippen LogP contribution in [-0.4, -0.2) is 37.6 Å². The van der Waals surface area contributed by atoms with Crippen LogP contribution in [0.4, 0.5) is 4.79 Å². The van der Waals surface area contributed by atoms with E-state index in [9.17, 15) is 14.4 Å². The third kappa shape index (κ3) is 5.30. The van der Waals surface area contributed by atoms with Crippen molar-refractivity contribution in [3.05, 3.63) is 0 Å². The second kappa shape index (κ2) is 6.78. The summed E-state index contributed by atoms with van der Waals surface area (Å²) in [6.45, 7) is 3.43. The van der Waals surface area contributed by atoms with Gasteiger partial charge in [-0.3, -0.25) is 20.2 Å². The Morgan fingerprint density at radius 2 is 1.88 bits per heavy atom. The van der Waals surface area contributed by atoms with E-state index >= 15 is 0 Å². The van der Waals surface area contributed by atoms with Gasteiger partial charge in [0.1, 0.15) is 6.04 Å². The molecule has 0 aromatic heterocycles. The molecule has 0 saturated carbocycles. The van der Waals surface area contributed by atoms with E-state index in [-0.39, 0.29) is 12.5 Å². The Morgan fingerprint density at radius 1 is 1.31 bits per heavy atom. The lowest BCUT2D eigenvalue weighted by Gasteiger charge is -2.19. The van der Waals surface area contributed by atoms with Crippen LogP contribution in [0.2, 0.25) is 0 Å². The number of imide groups is 1. The Morgan fingerprint density at radius 3 is 2.25 bits per heavy atom. The van der Waals surface area contributed by atoms with E-state index in [1.807, 2.05) is 5.32 Å². The molecule has 7 heteroatoms. The first kappa shape index (κ1) is 14.4. The summed E-state index contributed by atoms with van der Waals surface area (Å²) in [5, 5.41) is 4.56. The highest BCUT2D eigenvalue weighted by molar-refractivity contribution is 5.94. The standard InChI is InChI=1S/C9H17N3O4/c1-5(2)7(8(14)16-3)11-4-6(13)12-9(10)15/h5,7,11H,4H2,1-3H3,(H3,10,12,13,15). The van der Waals surface area contributed by atoms with Crippen LogP contribution in [0.3, 0.4) is 0 Å². The van der Waals surface area contributed by atoms with Gasteiger partial charge >= 0.3 is 12.0 Å². The number of esters is 1. The number of amides is 3. The molecule has 0 spiro atoms. The maximum Gasteiger partial charge on any atom is 0.323 e. The lowest BCUT2D eigenvalue weighted by Crippen LogP contribution is -2.48. The molecule has 0 heterocycles. The number of primary amides is 1. The summed E-state index contributed by atoms with van der Waals surface area (Å²) in [4.78, 5) is 32.7. The number of nitrogens with one attached hydrogen (secondary N) is 2. The number of urea groups is 1. The van der Waals surface area contributed by atoms with E-state index in [2.05, 4.69) is 10.1 Å². The van der Waals surface area contributed by atoms with Crippen LogP contribution in [0.1, 0.15) is 13.8 Å². The Hall–Kier alpha value is -1.63. The molecule has 7 nitrogen and oxygen atoms in total. The molecule has 1 unspecified atom stereocenters. The van der Waals surface area contributed by atoms with Gasteiger partial charge in [-0.05, 0) is 5.92 Å². The number of nitrogens with two attached hydrogens (primary N) is 1. The average molecular weight is 231 g/mol. The first-order chi connectivity index (χ1) is 7.38. The molecule has 0 bridgehead atoms. The van der Waals surface area contributed by atoms with Crippen molar-refractivity contribution in [3.63, 3.8) is 0 Å². The second-order valence-electron chi connectivity index (χ2n) is 3.54. The van der Waals surface area contributed by atoms with Crippen LogP contribution >= 0.6 is 0 Å². The lowest BCUT2D eigenvalue weighted by molar-refractivity contribution is -0.144. The molecule has 0 aliphatic heterocycles. The van der Waals surface area contributed by atoms with Gasteiger partial charge in [0.05, 0.1) is 13.7 Å². The van der Waals surface area contributed by atoms with Gasteiger partial charge in [-0.15, -0.1) is 0 Å². The lowest BCUT2D eigenvalue weighted by atomic mass is 10.0. The van der Waals surface area contributed by atoms with E-state index in [1.165, 1.54) is 7.11 Å². The van der Waals surface area contributed by atoms with Gasteiger partial charge in [-0.1, -0.05) is 13.8 Å². The molecule has 0 radical (unpaired) electrons. The van der Waals surface area contributed by atoms with Gasteiger partial charge in [0.15, 0.2) is 0 Å². The van der Waals surface area contributed by atoms with Crippen molar-refractivity contribution in [2.24, 2.45) is 11.7 Å². The highest BCUT2D eigenvalue weighted by Crippen LogP contribution is 2.02. The highest BCUT2D eigenvalue weighted by Gasteiger charge is 2.23. The van der Waals surface area contributed by atoms with Gasteiger partial charge in [-0.2, -0.15) is 0 Å². The number of hydrogen-bond donors (Lipinski definition) is 3. The summed E-state index contributed by atoms with van der Waals surface area (Å²) in [6.07, 6.45) is 0. The molecule has 92 valence electrons. The van der Waals surface area contributed by atoms with E-state index in [1.54, 1.807) is 13.8 Å². The highest BCUT2D eigenvalue weighted by atomic mass is 16.5. The Kier molecular flexibility index (Phi) is 6.09. The zero-order valence-corrected chi connectivity index (χ0v) is 9.57. The summed E-state index contributed by atoms with van der Waals surface area (Å²) < 4.78 is 4.56. The topological polar surface area (TPSA) is 111 Å². The first-order valence-electron chi connectivity index (χ1n) is 4.79. The monoisotopic (exact) mass is 231 g/mol. The van der Waals surface area contributed by atoms with Crippen LogP contribution in [0.25, 0.3) is 0 Å². The van der Waals surface area contributed by atoms with Crippen LogP contribution in [-0.2, 0) is 14.3 Å². The van der Waals surface area contributed by atoms with Crippen molar-refractivity contribution in [1.29, 1.82) is 0 Å². The number of methoxy groups -OCH3 is 1. The van der Waals surface area contributed by atoms with E-state index in [0.29, 0.717) is 0 Å². The largest absolute Gasteiger partial charge is 0.468 e. The van der Waals surface area contributed by atoms with Crippen LogP contribution in [0.5, 0.6) is 0 Å². The fourth-order valence-corrected chi connectivity index (χ4v) is 1.10. The predicted octanol–water partition coefficient (Wildman–Crippen LogP) is -1.03. The number of ether oxygens (including phenoxy) is 1. The molecule has 0 aromatic carbocycles. The van der Waals surface area contributed by atoms with Crippen molar-refractivity contribution in [2.75, 3.05) is 13.7 Å². The van der Waals surface area contributed by atoms with E-state index in [0.717, 1.165) is 0 Å². The minimum atomic E-state index is -0.925. The second-order valence-corrected chi connectivity index (χ2v) is 3.54. The molecule has 0 rings (SSSR count). The normalized spacial score (nSPS) is 12.0. The summed E-state index contributed by atoms with van der Waals surface area (Å²) in [5.41, 5.74) is 4.76. The van der Waals surface area contributed by atoms with Gasteiger partial charge in [0.2, 0.25) is 5.91 Å². The van der Waals surface area contributed by atoms with Crippen LogP contribution in [0, 0.1) is 5.92 Å². The Labute approximate surface area is 93.7 Å². The van der Waals surface area contributed by atoms with Crippen LogP contribution < -0.4 is 16.4 Å². The quantitative estimate of drug-likeness (QED) is 0.524. The van der Waals surface area contributed by atoms with Crippen molar-refractivity contribution >= 4 is 17.9 Å². The molecule has 3 amide bonds. The molecule has 4 N–H and O–H groups in total. The molecular weight excluding hydrogens is 214 g/mol. The van der Waals surface area contributed by atoms with Crippen molar-refractivity contribution in [3.8, 4) is 0 Å². The van der Waals surface area contributed by atoms with Crippen molar-refractivity contribution in [1.82, 2.24) is 10.6 Å². The summed E-state index contributed by atoms with van der Waals surface area (Å²) in [6, 6.07) is -1.52. The van der Waals surface area contributed by atoms with Crippen molar-refractivity contribution in [2.45, 2.75) is 19.9 Å². The van der Waals surface area contributed by atoms with Gasteiger partial charge in [0, 0.05) is 0 Å². The van der Waals surface area contributed by atoms with Gasteiger partial charge < -0.3 is 10.5 Å². The maximum absolute atomic E-state index is 11.3. The third-order valence-corrected chi connectivity index (χ3v) is 1.87. The molecule has 0 saturated heterocycles. The number of carbonyl (C=O) groups is 3. The average Bonchev–Trinajstić information content (AvgIpc) is 2.15. The first-order valence-corrected chi connectivity index (χ1v) is 4.79. The van der Waals surface area contributed by atoms with Gasteiger partial charge in [-0.25, -0.2) is 4.79 Å². The summed E-state index contributed by atoms with van der Waals surface area (Å²) >= 11 is 0. The van der Waals surface area contributed by atoms with E-state index < -0.39 is 23.9 Å². The maximum atomic E-state index is 11.3. The Bertz CT molecular complexity index is 278. The fourth-order valence-electron chi connectivity index (χ4n) is 1.10.